The molecule has 82 valence electrons. The van der Waals surface area contributed by atoms with Gasteiger partial charge in [-0.15, -0.1) is 0 Å². The molecule has 15 heavy (non-hydrogen) atoms. The third-order valence-corrected chi connectivity index (χ3v) is 4.02. The highest BCUT2D eigenvalue weighted by atomic mass is 79.9. The van der Waals surface area contributed by atoms with Gasteiger partial charge in [-0.25, -0.2) is 0 Å². The Morgan fingerprint density at radius 1 is 1.13 bits per heavy atom. The van der Waals surface area contributed by atoms with Crippen LogP contribution in [0.25, 0.3) is 0 Å². The van der Waals surface area contributed by atoms with Crippen LogP contribution in [0.15, 0.2) is 21.1 Å². The van der Waals surface area contributed by atoms with Crippen molar-refractivity contribution >= 4 is 43.2 Å². The average molecular weight is 334 g/mol. The first kappa shape index (κ1) is 11.3. The Morgan fingerprint density at radius 2 is 1.67 bits per heavy atom. The fourth-order valence-corrected chi connectivity index (χ4v) is 3.46. The largest absolute Gasteiger partial charge is 0.399 e. The minimum atomic E-state index is 0.612. The number of hydrogen-bond donors (Lipinski definition) is 2. The first-order valence-electron chi connectivity index (χ1n) is 5.18. The van der Waals surface area contributed by atoms with Crippen LogP contribution in [0, 0.1) is 0 Å². The van der Waals surface area contributed by atoms with E-state index < -0.39 is 0 Å². The number of rotatable bonds is 2. The Labute approximate surface area is 107 Å². The van der Waals surface area contributed by atoms with Gasteiger partial charge in [0, 0.05) is 20.7 Å². The van der Waals surface area contributed by atoms with E-state index in [2.05, 4.69) is 37.2 Å². The molecule has 1 aliphatic rings. The second-order valence-corrected chi connectivity index (χ2v) is 5.69. The molecule has 2 rings (SSSR count). The second-order valence-electron chi connectivity index (χ2n) is 3.99. The monoisotopic (exact) mass is 332 g/mol. The summed E-state index contributed by atoms with van der Waals surface area (Å²) in [5, 5.41) is 3.56. The van der Waals surface area contributed by atoms with Crippen LogP contribution in [-0.2, 0) is 0 Å². The molecular formula is C11H14Br2N2. The van der Waals surface area contributed by atoms with Gasteiger partial charge < -0.3 is 11.1 Å². The summed E-state index contributed by atoms with van der Waals surface area (Å²) in [6, 6.07) is 4.48. The lowest BCUT2D eigenvalue weighted by Crippen LogP contribution is -2.15. The van der Waals surface area contributed by atoms with Crippen molar-refractivity contribution in [2.24, 2.45) is 0 Å². The zero-order valence-corrected chi connectivity index (χ0v) is 11.6. The Balaban J connectivity index is 2.19. The summed E-state index contributed by atoms with van der Waals surface area (Å²) in [4.78, 5) is 0. The highest BCUT2D eigenvalue weighted by molar-refractivity contribution is 9.11. The molecule has 1 aliphatic carbocycles. The SMILES string of the molecule is Nc1cc(Br)c(NC2CCCC2)c(Br)c1. The predicted octanol–water partition coefficient (Wildman–Crippen LogP) is 4.15. The van der Waals surface area contributed by atoms with Gasteiger partial charge in [-0.05, 0) is 56.8 Å². The number of nitrogen functional groups attached to an aromatic ring is 1. The molecule has 3 N–H and O–H groups in total. The molecule has 0 heterocycles. The van der Waals surface area contributed by atoms with Gasteiger partial charge in [0.15, 0.2) is 0 Å². The zero-order valence-electron chi connectivity index (χ0n) is 8.39. The van der Waals surface area contributed by atoms with E-state index in [1.54, 1.807) is 0 Å². The Hall–Kier alpha value is -0.220. The maximum absolute atomic E-state index is 5.75. The van der Waals surface area contributed by atoms with Crippen LogP contribution < -0.4 is 11.1 Å². The first-order valence-corrected chi connectivity index (χ1v) is 6.76. The van der Waals surface area contributed by atoms with Gasteiger partial charge in [-0.2, -0.15) is 0 Å². The fraction of sp³-hybridized carbons (Fsp3) is 0.455. The number of anilines is 2. The Morgan fingerprint density at radius 3 is 2.20 bits per heavy atom. The quantitative estimate of drug-likeness (QED) is 0.798. The molecule has 0 unspecified atom stereocenters. The highest BCUT2D eigenvalue weighted by Crippen LogP contribution is 2.35. The van der Waals surface area contributed by atoms with E-state index in [0.717, 1.165) is 20.3 Å². The van der Waals surface area contributed by atoms with E-state index in [4.69, 9.17) is 5.73 Å². The Kier molecular flexibility index (Phi) is 3.57. The van der Waals surface area contributed by atoms with E-state index in [9.17, 15) is 0 Å². The Bertz CT molecular complexity index is 337. The molecule has 1 aromatic carbocycles. The summed E-state index contributed by atoms with van der Waals surface area (Å²) in [7, 11) is 0. The lowest BCUT2D eigenvalue weighted by molar-refractivity contribution is 0.754. The van der Waals surface area contributed by atoms with Crippen LogP contribution >= 0.6 is 31.9 Å². The molecule has 0 bridgehead atoms. The van der Waals surface area contributed by atoms with E-state index in [1.165, 1.54) is 25.7 Å². The number of benzene rings is 1. The molecule has 4 heteroatoms. The van der Waals surface area contributed by atoms with Gasteiger partial charge in [0.25, 0.3) is 0 Å². The first-order chi connectivity index (χ1) is 7.16. The zero-order chi connectivity index (χ0) is 10.8. The predicted molar refractivity (Wildman–Crippen MR) is 72.1 cm³/mol. The van der Waals surface area contributed by atoms with E-state index >= 15 is 0 Å². The van der Waals surface area contributed by atoms with Crippen LogP contribution in [0.1, 0.15) is 25.7 Å². The summed E-state index contributed by atoms with van der Waals surface area (Å²) in [6.45, 7) is 0. The van der Waals surface area contributed by atoms with Crippen LogP contribution in [0.2, 0.25) is 0 Å². The van der Waals surface area contributed by atoms with Crippen molar-refractivity contribution in [1.82, 2.24) is 0 Å². The highest BCUT2D eigenvalue weighted by Gasteiger charge is 2.17. The minimum Gasteiger partial charge on any atom is -0.399 e. The van der Waals surface area contributed by atoms with Crippen molar-refractivity contribution in [1.29, 1.82) is 0 Å². The number of nitrogens with one attached hydrogen (secondary N) is 1. The second kappa shape index (κ2) is 4.74. The summed E-state index contributed by atoms with van der Waals surface area (Å²) >= 11 is 7.07. The number of hydrogen-bond acceptors (Lipinski definition) is 2. The molecule has 1 aromatic rings. The van der Waals surface area contributed by atoms with Gasteiger partial charge in [0.1, 0.15) is 0 Å². The molecule has 1 fully saturated rings. The normalized spacial score (nSPS) is 16.9. The van der Waals surface area contributed by atoms with Gasteiger partial charge in [0.2, 0.25) is 0 Å². The van der Waals surface area contributed by atoms with E-state index in [-0.39, 0.29) is 0 Å². The van der Waals surface area contributed by atoms with Crippen LogP contribution in [0.4, 0.5) is 11.4 Å². The molecule has 0 amide bonds. The molecule has 2 nitrogen and oxygen atoms in total. The third-order valence-electron chi connectivity index (χ3n) is 2.77. The molecule has 0 radical (unpaired) electrons. The number of nitrogens with two attached hydrogens (primary N) is 1. The van der Waals surface area contributed by atoms with Gasteiger partial charge in [-0.3, -0.25) is 0 Å². The lowest BCUT2D eigenvalue weighted by atomic mass is 10.2. The van der Waals surface area contributed by atoms with Gasteiger partial charge in [0.05, 0.1) is 5.69 Å². The summed E-state index contributed by atoms with van der Waals surface area (Å²) in [5.74, 6) is 0. The van der Waals surface area contributed by atoms with Crippen LogP contribution in [0.3, 0.4) is 0 Å². The van der Waals surface area contributed by atoms with Crippen molar-refractivity contribution in [3.05, 3.63) is 21.1 Å². The molecule has 0 aromatic heterocycles. The van der Waals surface area contributed by atoms with Gasteiger partial charge in [-0.1, -0.05) is 12.8 Å². The molecule has 0 spiro atoms. The van der Waals surface area contributed by atoms with E-state index in [0.29, 0.717) is 6.04 Å². The van der Waals surface area contributed by atoms with Crippen molar-refractivity contribution in [2.75, 3.05) is 11.1 Å². The molecule has 0 saturated heterocycles. The molecule has 0 atom stereocenters. The van der Waals surface area contributed by atoms with Crippen molar-refractivity contribution in [3.8, 4) is 0 Å². The van der Waals surface area contributed by atoms with Gasteiger partial charge >= 0.3 is 0 Å². The van der Waals surface area contributed by atoms with Crippen molar-refractivity contribution in [2.45, 2.75) is 31.7 Å². The third kappa shape index (κ3) is 2.67. The summed E-state index contributed by atoms with van der Waals surface area (Å²) in [6.07, 6.45) is 5.20. The van der Waals surface area contributed by atoms with E-state index in [1.807, 2.05) is 12.1 Å². The molecule has 0 aliphatic heterocycles. The molecular weight excluding hydrogens is 320 g/mol. The van der Waals surface area contributed by atoms with Crippen LogP contribution in [0.5, 0.6) is 0 Å². The topological polar surface area (TPSA) is 38.0 Å². The summed E-state index contributed by atoms with van der Waals surface area (Å²) < 4.78 is 2.06. The fourth-order valence-electron chi connectivity index (χ4n) is 2.00. The average Bonchev–Trinajstić information content (AvgIpc) is 2.63. The summed E-state index contributed by atoms with van der Waals surface area (Å²) in [5.41, 5.74) is 7.64. The minimum absolute atomic E-state index is 0.612. The lowest BCUT2D eigenvalue weighted by Gasteiger charge is -2.17. The van der Waals surface area contributed by atoms with Crippen LogP contribution in [-0.4, -0.2) is 6.04 Å². The maximum atomic E-state index is 5.75. The molecule has 1 saturated carbocycles. The number of halogens is 2. The van der Waals surface area contributed by atoms with Crippen molar-refractivity contribution < 1.29 is 0 Å². The smallest absolute Gasteiger partial charge is 0.0632 e. The van der Waals surface area contributed by atoms with Crippen molar-refractivity contribution in [3.63, 3.8) is 0 Å². The maximum Gasteiger partial charge on any atom is 0.0632 e. The standard InChI is InChI=1S/C11H14Br2N2/c12-9-5-7(14)6-10(13)11(9)15-8-3-1-2-4-8/h5-6,8,15H,1-4,14H2.